The van der Waals surface area contributed by atoms with Crippen molar-refractivity contribution in [3.63, 3.8) is 0 Å². The van der Waals surface area contributed by atoms with Crippen LogP contribution < -0.4 is 0 Å². The Balaban J connectivity index is 1.70. The number of hydrogen-bond acceptors (Lipinski definition) is 2. The van der Waals surface area contributed by atoms with Crippen LogP contribution in [0.3, 0.4) is 0 Å². The van der Waals surface area contributed by atoms with Crippen LogP contribution in [0.5, 0.6) is 0 Å². The average Bonchev–Trinajstić information content (AvgIpc) is 3.31. The molecule has 154 valence electrons. The van der Waals surface area contributed by atoms with Gasteiger partial charge in [0.2, 0.25) is 0 Å². The molecule has 1 unspecified atom stereocenters. The van der Waals surface area contributed by atoms with Crippen molar-refractivity contribution < 1.29 is 9.21 Å². The van der Waals surface area contributed by atoms with Crippen LogP contribution in [-0.2, 0) is 0 Å². The molecule has 0 N–H and O–H groups in total. The van der Waals surface area contributed by atoms with E-state index in [1.165, 1.54) is 0 Å². The van der Waals surface area contributed by atoms with Gasteiger partial charge in [-0.1, -0.05) is 121 Å². The smallest absolute Gasteiger partial charge is 0.177 e. The van der Waals surface area contributed by atoms with Crippen molar-refractivity contribution >= 4 is 5.78 Å². The van der Waals surface area contributed by atoms with Gasteiger partial charge < -0.3 is 4.42 Å². The van der Waals surface area contributed by atoms with Crippen LogP contribution in [0.2, 0.25) is 0 Å². The lowest BCUT2D eigenvalue weighted by Gasteiger charge is -2.14. The van der Waals surface area contributed by atoms with Crippen molar-refractivity contribution in [1.29, 1.82) is 0 Å². The van der Waals surface area contributed by atoms with Crippen molar-refractivity contribution in [3.05, 3.63) is 144 Å². The second-order valence-electron chi connectivity index (χ2n) is 7.70. The molecule has 0 saturated heterocycles. The van der Waals surface area contributed by atoms with Gasteiger partial charge in [0.15, 0.2) is 5.78 Å². The minimum Gasteiger partial charge on any atom is -0.459 e. The predicted octanol–water partition coefficient (Wildman–Crippen LogP) is 7.63. The van der Waals surface area contributed by atoms with E-state index in [0.29, 0.717) is 11.3 Å². The van der Waals surface area contributed by atoms with Gasteiger partial charge in [-0.3, -0.25) is 4.79 Å². The van der Waals surface area contributed by atoms with Gasteiger partial charge in [-0.05, 0) is 17.2 Å². The topological polar surface area (TPSA) is 30.2 Å². The van der Waals surface area contributed by atoms with Crippen LogP contribution in [0.1, 0.15) is 27.6 Å². The summed E-state index contributed by atoms with van der Waals surface area (Å²) in [6.45, 7) is 0. The molecule has 2 nitrogen and oxygen atoms in total. The normalized spacial score (nSPS) is 11.8. The van der Waals surface area contributed by atoms with Crippen molar-refractivity contribution in [2.45, 2.75) is 5.92 Å². The molecule has 0 spiro atoms. The quantitative estimate of drug-likeness (QED) is 0.267. The largest absolute Gasteiger partial charge is 0.459 e. The first-order chi connectivity index (χ1) is 15.8. The maximum absolute atomic E-state index is 13.7. The van der Waals surface area contributed by atoms with E-state index in [2.05, 4.69) is 12.1 Å². The zero-order valence-corrected chi connectivity index (χ0v) is 17.5. The van der Waals surface area contributed by atoms with E-state index >= 15 is 0 Å². The summed E-state index contributed by atoms with van der Waals surface area (Å²) >= 11 is 0. The Kier molecular flexibility index (Phi) is 5.50. The van der Waals surface area contributed by atoms with Gasteiger partial charge in [0.05, 0.1) is 0 Å². The molecule has 0 saturated carbocycles. The first-order valence-corrected chi connectivity index (χ1v) is 10.7. The van der Waals surface area contributed by atoms with E-state index in [1.807, 2.05) is 115 Å². The number of carbonyl (C=O) groups is 1. The lowest BCUT2D eigenvalue weighted by atomic mass is 9.88. The highest BCUT2D eigenvalue weighted by Gasteiger charge is 2.29. The zero-order valence-electron chi connectivity index (χ0n) is 17.5. The first-order valence-electron chi connectivity index (χ1n) is 10.7. The molecular weight excluding hydrogens is 392 g/mol. The van der Waals surface area contributed by atoms with Crippen LogP contribution >= 0.6 is 0 Å². The number of hydrogen-bond donors (Lipinski definition) is 0. The van der Waals surface area contributed by atoms with Crippen LogP contribution in [0.25, 0.3) is 22.5 Å². The molecule has 4 aromatic carbocycles. The van der Waals surface area contributed by atoms with Gasteiger partial charge in [0, 0.05) is 16.7 Å². The standard InChI is InChI=1S/C30H22O2/c31-29(24-17-9-3-10-18-24)28(23-15-7-2-8-16-23)27-21-26(22-13-5-1-6-14-22)30(32-27)25-19-11-4-12-20-25/h1-21,28H. The number of rotatable bonds is 6. The Morgan fingerprint density at radius 1 is 0.594 bits per heavy atom. The summed E-state index contributed by atoms with van der Waals surface area (Å²) in [6, 6.07) is 41.5. The van der Waals surface area contributed by atoms with E-state index in [4.69, 9.17) is 4.42 Å². The van der Waals surface area contributed by atoms with Crippen molar-refractivity contribution in [3.8, 4) is 22.5 Å². The maximum atomic E-state index is 13.7. The minimum atomic E-state index is -0.529. The summed E-state index contributed by atoms with van der Waals surface area (Å²) in [5.41, 5.74) is 4.60. The average molecular weight is 415 g/mol. The molecule has 1 atom stereocenters. The van der Waals surface area contributed by atoms with E-state index in [9.17, 15) is 4.79 Å². The number of carbonyl (C=O) groups excluding carboxylic acids is 1. The van der Waals surface area contributed by atoms with Crippen LogP contribution in [0.4, 0.5) is 0 Å². The molecule has 5 rings (SSSR count). The maximum Gasteiger partial charge on any atom is 0.177 e. The molecule has 2 heteroatoms. The van der Waals surface area contributed by atoms with E-state index in [1.54, 1.807) is 0 Å². The molecule has 0 aliphatic heterocycles. The highest BCUT2D eigenvalue weighted by atomic mass is 16.3. The fourth-order valence-corrected chi connectivity index (χ4v) is 4.05. The zero-order chi connectivity index (χ0) is 21.8. The Labute approximate surface area is 187 Å². The van der Waals surface area contributed by atoms with Gasteiger partial charge in [-0.2, -0.15) is 0 Å². The van der Waals surface area contributed by atoms with Gasteiger partial charge in [0.1, 0.15) is 17.4 Å². The fraction of sp³-hybridized carbons (Fsp3) is 0.0333. The SMILES string of the molecule is O=C(c1ccccc1)C(c1ccccc1)c1cc(-c2ccccc2)c(-c2ccccc2)o1. The Morgan fingerprint density at radius 3 is 1.69 bits per heavy atom. The minimum absolute atomic E-state index is 0.0183. The number of ketones is 1. The number of benzene rings is 4. The molecule has 0 fully saturated rings. The molecule has 0 amide bonds. The summed E-state index contributed by atoms with van der Waals surface area (Å²) < 4.78 is 6.49. The Bertz CT molecular complexity index is 1250. The van der Waals surface area contributed by atoms with E-state index in [0.717, 1.165) is 28.0 Å². The number of Topliss-reactive ketones (excluding diaryl/α,β-unsaturated/α-hetero) is 1. The predicted molar refractivity (Wildman–Crippen MR) is 129 cm³/mol. The molecule has 0 aliphatic rings. The highest BCUT2D eigenvalue weighted by molar-refractivity contribution is 6.03. The van der Waals surface area contributed by atoms with Crippen LogP contribution in [-0.4, -0.2) is 5.78 Å². The highest BCUT2D eigenvalue weighted by Crippen LogP contribution is 2.40. The number of furan rings is 1. The summed E-state index contributed by atoms with van der Waals surface area (Å²) in [6.07, 6.45) is 0. The summed E-state index contributed by atoms with van der Waals surface area (Å²) in [7, 11) is 0. The van der Waals surface area contributed by atoms with Crippen LogP contribution in [0.15, 0.2) is 132 Å². The molecule has 0 radical (unpaired) electrons. The Hall–Kier alpha value is -4.17. The lowest BCUT2D eigenvalue weighted by Crippen LogP contribution is -2.13. The summed E-state index contributed by atoms with van der Waals surface area (Å²) in [4.78, 5) is 13.7. The van der Waals surface area contributed by atoms with Crippen molar-refractivity contribution in [1.82, 2.24) is 0 Å². The fourth-order valence-electron chi connectivity index (χ4n) is 4.05. The van der Waals surface area contributed by atoms with Crippen molar-refractivity contribution in [2.75, 3.05) is 0 Å². The van der Waals surface area contributed by atoms with Gasteiger partial charge in [-0.15, -0.1) is 0 Å². The molecule has 5 aromatic rings. The summed E-state index contributed by atoms with van der Waals surface area (Å²) in [5.74, 6) is 0.902. The van der Waals surface area contributed by atoms with E-state index in [-0.39, 0.29) is 5.78 Å². The molecule has 0 aliphatic carbocycles. The lowest BCUT2D eigenvalue weighted by molar-refractivity contribution is 0.0966. The third kappa shape index (κ3) is 3.91. The molecule has 1 aromatic heterocycles. The van der Waals surface area contributed by atoms with Gasteiger partial charge in [0.25, 0.3) is 0 Å². The second kappa shape index (κ2) is 8.91. The second-order valence-corrected chi connectivity index (χ2v) is 7.70. The van der Waals surface area contributed by atoms with Gasteiger partial charge >= 0.3 is 0 Å². The third-order valence-corrected chi connectivity index (χ3v) is 5.61. The van der Waals surface area contributed by atoms with Crippen molar-refractivity contribution in [2.24, 2.45) is 0 Å². The van der Waals surface area contributed by atoms with Gasteiger partial charge in [-0.25, -0.2) is 0 Å². The van der Waals surface area contributed by atoms with E-state index < -0.39 is 5.92 Å². The molecule has 1 heterocycles. The first kappa shape index (κ1) is 19.8. The summed E-state index contributed by atoms with van der Waals surface area (Å²) in [5, 5.41) is 0. The molecule has 0 bridgehead atoms. The third-order valence-electron chi connectivity index (χ3n) is 5.61. The Morgan fingerprint density at radius 2 is 1.09 bits per heavy atom. The van der Waals surface area contributed by atoms with Crippen LogP contribution in [0, 0.1) is 0 Å². The molecular formula is C30H22O2. The monoisotopic (exact) mass is 414 g/mol. The molecule has 32 heavy (non-hydrogen) atoms.